The summed E-state index contributed by atoms with van der Waals surface area (Å²) in [5.41, 5.74) is 4.32. The Bertz CT molecular complexity index is 3550. The lowest BCUT2D eigenvalue weighted by atomic mass is 9.59. The number of nitro benzene ring substituents is 1. The third-order valence-electron chi connectivity index (χ3n) is 18.3. The van der Waals surface area contributed by atoms with Gasteiger partial charge >= 0.3 is 0 Å². The van der Waals surface area contributed by atoms with Crippen molar-refractivity contribution in [3.63, 3.8) is 0 Å². The summed E-state index contributed by atoms with van der Waals surface area (Å²) in [5, 5.41) is 16.4. The van der Waals surface area contributed by atoms with E-state index in [0.29, 0.717) is 86.9 Å². The van der Waals surface area contributed by atoms with Gasteiger partial charge in [-0.2, -0.15) is 9.37 Å². The van der Waals surface area contributed by atoms with Gasteiger partial charge in [0.05, 0.1) is 52.5 Å². The highest BCUT2D eigenvalue weighted by atomic mass is 32.2. The Balaban J connectivity index is 0.768. The minimum absolute atomic E-state index is 0.0123. The van der Waals surface area contributed by atoms with Crippen molar-refractivity contribution in [3.05, 3.63) is 130 Å². The van der Waals surface area contributed by atoms with Crippen LogP contribution >= 0.6 is 0 Å². The number of pyridine rings is 1. The van der Waals surface area contributed by atoms with Crippen LogP contribution in [0.4, 0.5) is 37.2 Å². The van der Waals surface area contributed by atoms with E-state index in [9.17, 15) is 27.7 Å². The number of fused-ring (bicyclic) bond motifs is 4. The number of nitrogens with one attached hydrogen (secondary N) is 3. The SMILES string of the molecule is CC(C)Oc1ccccc1[C@H]1CN([C@@H]2CCOc3c2ccc(F)c3F)CCN1C1CC2(CCN(c3ccc(C(=O)NS(=O)(=O)c4ccc(NCC5CCOCC5)c([N+](=O)[O-])c4)c(N4c5cc6cc[nH]c6nc5O[C@H]5COCC[C@@H]54)c3)CC2)C1. The quantitative estimate of drug-likeness (QED) is 0.0685. The standard InChI is InChI=1S/C61H69F2N9O10S/c1-37(2)81-54-6-4-3-5-43(54)53-35-69(48-17-28-80-57-44(48)10-11-46(62)56(57)63)23-24-70(53)41-32-61(33-41)18-21-68(22-19-61)40-7-9-45(50(30-40)71-49-16-27-79-36-55(49)82-60-52(71)29-39-13-20-64-58(39)66-60)59(73)67-83(76,77)42-8-12-47(51(31-42)72(74)75)65-34-38-14-25-78-26-15-38/h3-13,20,29-31,37-38,41,48-49,53,55,65H,14-19,21-28,32-36H2,1-2H3,(H,64,66)(H,67,73)/t48-,49+,53-,55+/m1/s1. The minimum Gasteiger partial charge on any atom is -0.491 e. The van der Waals surface area contributed by atoms with Crippen LogP contribution in [0.25, 0.3) is 11.0 Å². The molecule has 1 amide bonds. The number of rotatable bonds is 14. The Labute approximate surface area is 480 Å². The summed E-state index contributed by atoms with van der Waals surface area (Å²) in [6.45, 7) is 10.5. The van der Waals surface area contributed by atoms with Gasteiger partial charge in [0, 0.05) is 112 Å². The van der Waals surface area contributed by atoms with Crippen LogP contribution in [0.5, 0.6) is 17.4 Å². The molecule has 1 saturated carbocycles. The summed E-state index contributed by atoms with van der Waals surface area (Å²) in [6, 6.07) is 24.0. The molecule has 4 saturated heterocycles. The minimum atomic E-state index is -4.65. The maximum atomic E-state index is 15.1. The molecule has 3 N–H and O–H groups in total. The van der Waals surface area contributed by atoms with Crippen molar-refractivity contribution in [1.82, 2.24) is 24.5 Å². The highest BCUT2D eigenvalue weighted by Crippen LogP contribution is 2.55. The van der Waals surface area contributed by atoms with E-state index in [1.165, 1.54) is 18.2 Å². The van der Waals surface area contributed by atoms with E-state index >= 15 is 4.39 Å². The van der Waals surface area contributed by atoms with Gasteiger partial charge in [0.2, 0.25) is 11.7 Å². The number of hydrogen-bond donors (Lipinski definition) is 3. The average molecular weight is 1160 g/mol. The number of sulfonamides is 1. The molecule has 5 fully saturated rings. The predicted octanol–water partition coefficient (Wildman–Crippen LogP) is 9.81. The second-order valence-electron chi connectivity index (χ2n) is 23.6. The molecule has 6 aromatic rings. The fraction of sp³-hybridized carbons (Fsp3) is 0.475. The maximum absolute atomic E-state index is 15.1. The zero-order valence-corrected chi connectivity index (χ0v) is 47.4. The second-order valence-corrected chi connectivity index (χ2v) is 25.3. The molecule has 22 heteroatoms. The van der Waals surface area contributed by atoms with Crippen LogP contribution in [0.2, 0.25) is 0 Å². The summed E-state index contributed by atoms with van der Waals surface area (Å²) in [6.07, 6.45) is 8.03. The van der Waals surface area contributed by atoms with E-state index in [1.54, 1.807) is 18.3 Å². The number of amides is 1. The predicted molar refractivity (Wildman–Crippen MR) is 307 cm³/mol. The molecule has 7 aliphatic rings. The number of para-hydroxylation sites is 1. The summed E-state index contributed by atoms with van der Waals surface area (Å²) >= 11 is 0. The first-order valence-electron chi connectivity index (χ1n) is 29.1. The van der Waals surface area contributed by atoms with Crippen LogP contribution in [-0.2, 0) is 19.5 Å². The monoisotopic (exact) mass is 1160 g/mol. The van der Waals surface area contributed by atoms with Gasteiger partial charge in [-0.25, -0.2) is 17.5 Å². The summed E-state index contributed by atoms with van der Waals surface area (Å²) < 4.78 is 90.4. The highest BCUT2D eigenvalue weighted by Gasteiger charge is 2.51. The number of piperazine rings is 1. The van der Waals surface area contributed by atoms with Gasteiger partial charge in [-0.3, -0.25) is 24.7 Å². The molecule has 4 atom stereocenters. The molecule has 6 aliphatic heterocycles. The third-order valence-corrected chi connectivity index (χ3v) is 19.7. The first-order valence-corrected chi connectivity index (χ1v) is 30.6. The van der Waals surface area contributed by atoms with Crippen LogP contribution < -0.4 is 34.0 Å². The number of H-pyrrole nitrogens is 1. The fourth-order valence-corrected chi connectivity index (χ4v) is 15.0. The number of anilines is 4. The number of nitrogens with zero attached hydrogens (tertiary/aromatic N) is 6. The van der Waals surface area contributed by atoms with Gasteiger partial charge in [0.25, 0.3) is 21.6 Å². The van der Waals surface area contributed by atoms with Crippen molar-refractivity contribution in [2.45, 2.75) is 106 Å². The molecule has 0 radical (unpaired) electrons. The van der Waals surface area contributed by atoms with Crippen molar-refractivity contribution in [2.75, 3.05) is 87.4 Å². The Hall–Kier alpha value is -7.11. The molecular formula is C61H69F2N9O10S. The number of halogens is 2. The number of carbonyl (C=O) groups excluding carboxylic acids is 1. The van der Waals surface area contributed by atoms with E-state index in [0.717, 1.165) is 93.2 Å². The molecule has 1 spiro atoms. The lowest BCUT2D eigenvalue weighted by Gasteiger charge is -2.59. The molecule has 13 rings (SSSR count). The van der Waals surface area contributed by atoms with Gasteiger partial charge in [0.15, 0.2) is 11.6 Å². The number of ether oxygens (including phenoxy) is 5. The Morgan fingerprint density at radius 2 is 1.70 bits per heavy atom. The van der Waals surface area contributed by atoms with Gasteiger partial charge in [-0.1, -0.05) is 24.3 Å². The van der Waals surface area contributed by atoms with Crippen molar-refractivity contribution >= 4 is 55.4 Å². The summed E-state index contributed by atoms with van der Waals surface area (Å²) in [4.78, 5) is 43.7. The number of hydrogen-bond acceptors (Lipinski definition) is 16. The number of piperidine rings is 1. The molecule has 438 valence electrons. The molecule has 4 aromatic carbocycles. The second kappa shape index (κ2) is 22.5. The maximum Gasteiger partial charge on any atom is 0.293 e. The van der Waals surface area contributed by atoms with Gasteiger partial charge in [-0.15, -0.1) is 0 Å². The largest absolute Gasteiger partial charge is 0.491 e. The van der Waals surface area contributed by atoms with E-state index in [2.05, 4.69) is 46.8 Å². The van der Waals surface area contributed by atoms with Crippen LogP contribution in [0.15, 0.2) is 96.0 Å². The lowest BCUT2D eigenvalue weighted by Crippen LogP contribution is -2.60. The van der Waals surface area contributed by atoms with Gasteiger partial charge in [-0.05, 0) is 125 Å². The van der Waals surface area contributed by atoms with Crippen LogP contribution in [0.3, 0.4) is 0 Å². The smallest absolute Gasteiger partial charge is 0.293 e. The average Bonchev–Trinajstić information content (AvgIpc) is 4.14. The van der Waals surface area contributed by atoms with Crippen LogP contribution in [-0.4, -0.2) is 136 Å². The Kier molecular flexibility index (Phi) is 14.9. The number of aromatic amines is 1. The molecule has 8 heterocycles. The first-order chi connectivity index (χ1) is 40.2. The lowest BCUT2D eigenvalue weighted by molar-refractivity contribution is -0.384. The highest BCUT2D eigenvalue weighted by molar-refractivity contribution is 7.90. The molecule has 0 bridgehead atoms. The summed E-state index contributed by atoms with van der Waals surface area (Å²) in [7, 11) is -4.65. The van der Waals surface area contributed by atoms with Crippen LogP contribution in [0.1, 0.15) is 98.8 Å². The molecule has 1 aliphatic carbocycles. The zero-order valence-electron chi connectivity index (χ0n) is 46.6. The van der Waals surface area contributed by atoms with E-state index in [4.69, 9.17) is 28.7 Å². The van der Waals surface area contributed by atoms with Crippen molar-refractivity contribution in [1.29, 1.82) is 0 Å². The molecule has 83 heavy (non-hydrogen) atoms. The van der Waals surface area contributed by atoms with E-state index < -0.39 is 49.2 Å². The van der Waals surface area contributed by atoms with E-state index in [-0.39, 0.29) is 59.2 Å². The first kappa shape index (κ1) is 55.1. The molecular weight excluding hydrogens is 1090 g/mol. The summed E-state index contributed by atoms with van der Waals surface area (Å²) in [5.74, 6) is -1.30. The van der Waals surface area contributed by atoms with E-state index in [1.807, 2.05) is 50.2 Å². The van der Waals surface area contributed by atoms with Crippen molar-refractivity contribution in [2.24, 2.45) is 11.3 Å². The number of nitro groups is 1. The fourth-order valence-electron chi connectivity index (χ4n) is 14.0. The third kappa shape index (κ3) is 10.7. The number of aromatic nitrogens is 2. The molecule has 19 nitrogen and oxygen atoms in total. The molecule has 0 unspecified atom stereocenters. The Morgan fingerprint density at radius 1 is 0.892 bits per heavy atom. The van der Waals surface area contributed by atoms with Crippen LogP contribution in [0, 0.1) is 33.1 Å². The Morgan fingerprint density at radius 3 is 2.51 bits per heavy atom. The number of carbonyl (C=O) groups is 1. The molecule has 2 aromatic heterocycles. The van der Waals surface area contributed by atoms with Gasteiger partial charge < -0.3 is 43.8 Å². The zero-order chi connectivity index (χ0) is 57.1. The van der Waals surface area contributed by atoms with Crippen molar-refractivity contribution in [3.8, 4) is 17.4 Å². The van der Waals surface area contributed by atoms with Crippen molar-refractivity contribution < 1.29 is 50.6 Å². The van der Waals surface area contributed by atoms with Gasteiger partial charge in [0.1, 0.15) is 28.9 Å². The normalized spacial score (nSPS) is 23.1. The number of benzene rings is 4. The topological polar surface area (TPSA) is 206 Å².